The molecule has 0 saturated carbocycles. The number of amidine groups is 1. The van der Waals surface area contributed by atoms with Crippen molar-refractivity contribution in [3.8, 4) is 0 Å². The number of nitrogen functional groups attached to an aromatic ring is 1. The van der Waals surface area contributed by atoms with E-state index >= 15 is 0 Å². The summed E-state index contributed by atoms with van der Waals surface area (Å²) in [6, 6.07) is 4.66. The summed E-state index contributed by atoms with van der Waals surface area (Å²) in [5.74, 6) is -0.0903. The van der Waals surface area contributed by atoms with Gasteiger partial charge in [-0.3, -0.25) is 5.41 Å². The molecule has 0 radical (unpaired) electrons. The molecule has 0 amide bonds. The predicted molar refractivity (Wildman–Crippen MR) is 61.5 cm³/mol. The number of hydrogen-bond acceptors (Lipinski definition) is 2. The lowest BCUT2D eigenvalue weighted by Gasteiger charge is -2.21. The highest BCUT2D eigenvalue weighted by Crippen LogP contribution is 2.22. The van der Waals surface area contributed by atoms with Gasteiger partial charge < -0.3 is 10.6 Å². The van der Waals surface area contributed by atoms with Crippen LogP contribution >= 0.6 is 0 Å². The molecule has 0 saturated heterocycles. The lowest BCUT2D eigenvalue weighted by molar-refractivity contribution is -0.119. The summed E-state index contributed by atoms with van der Waals surface area (Å²) in [6.45, 7) is 0.702. The number of anilines is 1. The number of nitrogens with one attached hydrogen (secondary N) is 1. The normalized spacial score (nSPS) is 11.4. The van der Waals surface area contributed by atoms with Crippen molar-refractivity contribution in [3.05, 3.63) is 29.3 Å². The Morgan fingerprint density at radius 1 is 1.41 bits per heavy atom. The SMILES string of the molecule is Cc1cc(N(C)CC(F)(F)F)ccc1C(=N)N. The number of halogens is 3. The number of benzene rings is 1. The summed E-state index contributed by atoms with van der Waals surface area (Å²) in [5, 5.41) is 7.28. The number of aryl methyl sites for hydroxylation is 1. The van der Waals surface area contributed by atoms with Gasteiger partial charge in [-0.05, 0) is 30.7 Å². The lowest BCUT2D eigenvalue weighted by Crippen LogP contribution is -2.31. The van der Waals surface area contributed by atoms with E-state index in [0.717, 1.165) is 4.90 Å². The van der Waals surface area contributed by atoms with E-state index in [9.17, 15) is 13.2 Å². The summed E-state index contributed by atoms with van der Waals surface area (Å²) < 4.78 is 36.6. The summed E-state index contributed by atoms with van der Waals surface area (Å²) in [6.07, 6.45) is -4.23. The summed E-state index contributed by atoms with van der Waals surface area (Å²) in [5.41, 5.74) is 7.00. The first-order valence-electron chi connectivity index (χ1n) is 4.93. The van der Waals surface area contributed by atoms with Gasteiger partial charge in [-0.2, -0.15) is 13.2 Å². The fourth-order valence-electron chi connectivity index (χ4n) is 1.55. The molecule has 0 aliphatic rings. The number of rotatable bonds is 3. The minimum atomic E-state index is -4.23. The van der Waals surface area contributed by atoms with E-state index in [2.05, 4.69) is 0 Å². The molecule has 0 fully saturated rings. The van der Waals surface area contributed by atoms with Crippen LogP contribution in [0.1, 0.15) is 11.1 Å². The second-order valence-electron chi connectivity index (χ2n) is 3.88. The molecule has 0 spiro atoms. The molecular formula is C11H14F3N3. The molecule has 0 aliphatic heterocycles. The van der Waals surface area contributed by atoms with Crippen molar-refractivity contribution >= 4 is 11.5 Å². The molecule has 1 aromatic rings. The summed E-state index contributed by atoms with van der Waals surface area (Å²) in [4.78, 5) is 1.11. The van der Waals surface area contributed by atoms with Crippen LogP contribution in [-0.2, 0) is 0 Å². The number of alkyl halides is 3. The Bertz CT molecular complexity index is 426. The van der Waals surface area contributed by atoms with Gasteiger partial charge in [-0.25, -0.2) is 0 Å². The highest BCUT2D eigenvalue weighted by Gasteiger charge is 2.29. The molecule has 3 nitrogen and oxygen atoms in total. The zero-order valence-corrected chi connectivity index (χ0v) is 9.60. The van der Waals surface area contributed by atoms with E-state index in [1.165, 1.54) is 13.1 Å². The fourth-order valence-corrected chi connectivity index (χ4v) is 1.55. The molecule has 0 bridgehead atoms. The molecule has 0 aliphatic carbocycles. The molecule has 0 aromatic heterocycles. The monoisotopic (exact) mass is 245 g/mol. The first kappa shape index (κ1) is 13.3. The lowest BCUT2D eigenvalue weighted by atomic mass is 10.1. The van der Waals surface area contributed by atoms with Crippen LogP contribution in [0.25, 0.3) is 0 Å². The van der Waals surface area contributed by atoms with Gasteiger partial charge >= 0.3 is 6.18 Å². The second-order valence-corrected chi connectivity index (χ2v) is 3.88. The Hall–Kier alpha value is -1.72. The molecule has 3 N–H and O–H groups in total. The van der Waals surface area contributed by atoms with Crippen molar-refractivity contribution in [3.63, 3.8) is 0 Å². The van der Waals surface area contributed by atoms with Gasteiger partial charge in [0.15, 0.2) is 0 Å². The minimum Gasteiger partial charge on any atom is -0.384 e. The van der Waals surface area contributed by atoms with Crippen molar-refractivity contribution in [1.29, 1.82) is 5.41 Å². The average Bonchev–Trinajstić information content (AvgIpc) is 2.14. The third kappa shape index (κ3) is 3.65. The zero-order valence-electron chi connectivity index (χ0n) is 9.60. The topological polar surface area (TPSA) is 53.1 Å². The number of hydrogen-bond donors (Lipinski definition) is 2. The quantitative estimate of drug-likeness (QED) is 0.634. The average molecular weight is 245 g/mol. The molecule has 1 rings (SSSR count). The Morgan fingerprint density at radius 3 is 2.41 bits per heavy atom. The molecule has 17 heavy (non-hydrogen) atoms. The molecule has 0 heterocycles. The van der Waals surface area contributed by atoms with Crippen LogP contribution < -0.4 is 10.6 Å². The van der Waals surface area contributed by atoms with Gasteiger partial charge in [-0.1, -0.05) is 0 Å². The van der Waals surface area contributed by atoms with E-state index in [-0.39, 0.29) is 5.84 Å². The minimum absolute atomic E-state index is 0.0903. The standard InChI is InChI=1S/C11H14F3N3/c1-7-5-8(3-4-9(7)10(15)16)17(2)6-11(12,13)14/h3-5H,6H2,1-2H3,(H3,15,16). The molecular weight excluding hydrogens is 231 g/mol. The maximum absolute atomic E-state index is 12.2. The van der Waals surface area contributed by atoms with Gasteiger partial charge in [0.1, 0.15) is 12.4 Å². The van der Waals surface area contributed by atoms with Gasteiger partial charge in [0.2, 0.25) is 0 Å². The van der Waals surface area contributed by atoms with E-state index in [1.807, 2.05) is 0 Å². The van der Waals surface area contributed by atoms with Gasteiger partial charge in [0.05, 0.1) is 0 Å². The van der Waals surface area contributed by atoms with Crippen LogP contribution in [0.15, 0.2) is 18.2 Å². The number of nitrogens with zero attached hydrogens (tertiary/aromatic N) is 1. The van der Waals surface area contributed by atoms with E-state index in [0.29, 0.717) is 16.8 Å². The van der Waals surface area contributed by atoms with Gasteiger partial charge in [-0.15, -0.1) is 0 Å². The van der Waals surface area contributed by atoms with Crippen molar-refractivity contribution < 1.29 is 13.2 Å². The first-order chi connectivity index (χ1) is 7.70. The summed E-state index contributed by atoms with van der Waals surface area (Å²) >= 11 is 0. The Morgan fingerprint density at radius 2 is 2.00 bits per heavy atom. The maximum atomic E-state index is 12.2. The van der Waals surface area contributed by atoms with Crippen molar-refractivity contribution in [2.75, 3.05) is 18.5 Å². The molecule has 6 heteroatoms. The zero-order chi connectivity index (χ0) is 13.2. The molecule has 0 unspecified atom stereocenters. The maximum Gasteiger partial charge on any atom is 0.405 e. The third-order valence-corrected chi connectivity index (χ3v) is 2.36. The van der Waals surface area contributed by atoms with Crippen LogP contribution in [0.5, 0.6) is 0 Å². The first-order valence-corrected chi connectivity index (χ1v) is 4.93. The van der Waals surface area contributed by atoms with Crippen molar-refractivity contribution in [2.45, 2.75) is 13.1 Å². The number of nitrogens with two attached hydrogens (primary N) is 1. The molecule has 0 atom stereocenters. The van der Waals surface area contributed by atoms with Crippen LogP contribution in [0, 0.1) is 12.3 Å². The van der Waals surface area contributed by atoms with Crippen LogP contribution in [-0.4, -0.2) is 25.6 Å². The molecule has 1 aromatic carbocycles. The Balaban J connectivity index is 2.94. The summed E-state index contributed by atoms with van der Waals surface area (Å²) in [7, 11) is 1.37. The van der Waals surface area contributed by atoms with Crippen LogP contribution in [0.2, 0.25) is 0 Å². The highest BCUT2D eigenvalue weighted by molar-refractivity contribution is 5.96. The van der Waals surface area contributed by atoms with Crippen molar-refractivity contribution in [2.24, 2.45) is 5.73 Å². The second kappa shape index (κ2) is 4.65. The van der Waals surface area contributed by atoms with Crippen LogP contribution in [0.3, 0.4) is 0 Å². The predicted octanol–water partition coefficient (Wildman–Crippen LogP) is 2.28. The van der Waals surface area contributed by atoms with E-state index < -0.39 is 12.7 Å². The smallest absolute Gasteiger partial charge is 0.384 e. The van der Waals surface area contributed by atoms with Gasteiger partial charge in [0, 0.05) is 18.3 Å². The molecule has 94 valence electrons. The highest BCUT2D eigenvalue weighted by atomic mass is 19.4. The van der Waals surface area contributed by atoms with Crippen LogP contribution in [0.4, 0.5) is 18.9 Å². The largest absolute Gasteiger partial charge is 0.405 e. The third-order valence-electron chi connectivity index (χ3n) is 2.36. The fraction of sp³-hybridized carbons (Fsp3) is 0.364. The van der Waals surface area contributed by atoms with Gasteiger partial charge in [0.25, 0.3) is 0 Å². The van der Waals surface area contributed by atoms with E-state index in [4.69, 9.17) is 11.1 Å². The Labute approximate surface area is 97.5 Å². The van der Waals surface area contributed by atoms with Crippen molar-refractivity contribution in [1.82, 2.24) is 0 Å². The van der Waals surface area contributed by atoms with E-state index in [1.54, 1.807) is 19.1 Å². The Kier molecular flexibility index (Phi) is 3.65.